The van der Waals surface area contributed by atoms with Gasteiger partial charge >= 0.3 is 0 Å². The standard InChI is InChI=1S/C21H23N3O3/c1-14-7-8-18(11-15(14)2)26-13-19-12-20(24-27-19)21(25)22-10-9-17-6-4-5-16(3)23-17/h4-8,11-12H,9-10,13H2,1-3H3,(H,22,25). The van der Waals surface area contributed by atoms with E-state index in [1.54, 1.807) is 6.07 Å². The first-order chi connectivity index (χ1) is 13.0. The van der Waals surface area contributed by atoms with Gasteiger partial charge in [0.05, 0.1) is 0 Å². The van der Waals surface area contributed by atoms with Crippen molar-refractivity contribution in [2.75, 3.05) is 6.54 Å². The number of pyridine rings is 1. The molecule has 2 aromatic heterocycles. The first-order valence-corrected chi connectivity index (χ1v) is 8.87. The minimum atomic E-state index is -0.274. The fourth-order valence-electron chi connectivity index (χ4n) is 2.58. The van der Waals surface area contributed by atoms with E-state index >= 15 is 0 Å². The molecule has 0 saturated carbocycles. The zero-order chi connectivity index (χ0) is 19.2. The second-order valence-electron chi connectivity index (χ2n) is 6.49. The Balaban J connectivity index is 1.49. The van der Waals surface area contributed by atoms with Gasteiger partial charge in [-0.3, -0.25) is 9.78 Å². The molecule has 0 bridgehead atoms. The molecule has 6 nitrogen and oxygen atoms in total. The molecule has 1 N–H and O–H groups in total. The number of hydrogen-bond acceptors (Lipinski definition) is 5. The molecule has 0 aliphatic heterocycles. The van der Waals surface area contributed by atoms with E-state index in [0.29, 0.717) is 18.7 Å². The van der Waals surface area contributed by atoms with Crippen LogP contribution in [0.3, 0.4) is 0 Å². The Morgan fingerprint density at radius 2 is 1.96 bits per heavy atom. The van der Waals surface area contributed by atoms with Crippen molar-refractivity contribution in [1.29, 1.82) is 0 Å². The highest BCUT2D eigenvalue weighted by Crippen LogP contribution is 2.18. The van der Waals surface area contributed by atoms with Crippen LogP contribution in [-0.4, -0.2) is 22.6 Å². The molecular formula is C21H23N3O3. The fourth-order valence-corrected chi connectivity index (χ4v) is 2.58. The molecule has 3 aromatic rings. The van der Waals surface area contributed by atoms with Crippen LogP contribution in [0.5, 0.6) is 5.75 Å². The second kappa shape index (κ2) is 8.49. The van der Waals surface area contributed by atoms with Gasteiger partial charge in [-0.15, -0.1) is 0 Å². The quantitative estimate of drug-likeness (QED) is 0.693. The molecule has 0 aliphatic rings. The van der Waals surface area contributed by atoms with Crippen molar-refractivity contribution >= 4 is 5.91 Å². The first kappa shape index (κ1) is 18.6. The van der Waals surface area contributed by atoms with Crippen molar-refractivity contribution in [2.24, 2.45) is 0 Å². The summed E-state index contributed by atoms with van der Waals surface area (Å²) in [5, 5.41) is 6.64. The third kappa shape index (κ3) is 5.17. The highest BCUT2D eigenvalue weighted by molar-refractivity contribution is 5.92. The van der Waals surface area contributed by atoms with E-state index in [-0.39, 0.29) is 18.2 Å². The zero-order valence-electron chi connectivity index (χ0n) is 15.8. The number of nitrogens with one attached hydrogen (secondary N) is 1. The maximum Gasteiger partial charge on any atom is 0.273 e. The van der Waals surface area contributed by atoms with Crippen molar-refractivity contribution < 1.29 is 14.1 Å². The lowest BCUT2D eigenvalue weighted by Crippen LogP contribution is -2.26. The number of aromatic nitrogens is 2. The van der Waals surface area contributed by atoms with E-state index in [4.69, 9.17) is 9.26 Å². The van der Waals surface area contributed by atoms with Crippen LogP contribution >= 0.6 is 0 Å². The van der Waals surface area contributed by atoms with Gasteiger partial charge in [-0.1, -0.05) is 17.3 Å². The SMILES string of the molecule is Cc1cccc(CCNC(=O)c2cc(COc3ccc(C)c(C)c3)on2)n1. The van der Waals surface area contributed by atoms with Crippen LogP contribution in [0.1, 0.15) is 38.8 Å². The van der Waals surface area contributed by atoms with Crippen LogP contribution < -0.4 is 10.1 Å². The van der Waals surface area contributed by atoms with Crippen LogP contribution in [0.2, 0.25) is 0 Å². The average Bonchev–Trinajstić information content (AvgIpc) is 3.12. The number of aryl methyl sites for hydroxylation is 3. The number of benzene rings is 1. The maximum absolute atomic E-state index is 12.2. The van der Waals surface area contributed by atoms with E-state index < -0.39 is 0 Å². The third-order valence-corrected chi connectivity index (χ3v) is 4.26. The molecule has 27 heavy (non-hydrogen) atoms. The molecule has 0 spiro atoms. The van der Waals surface area contributed by atoms with Gasteiger partial charge in [0.2, 0.25) is 0 Å². The highest BCUT2D eigenvalue weighted by atomic mass is 16.5. The summed E-state index contributed by atoms with van der Waals surface area (Å²) >= 11 is 0. The Bertz CT molecular complexity index is 934. The van der Waals surface area contributed by atoms with E-state index in [9.17, 15) is 4.79 Å². The Labute approximate surface area is 158 Å². The predicted octanol–water partition coefficient (Wildman–Crippen LogP) is 3.55. The normalized spacial score (nSPS) is 10.6. The molecule has 2 heterocycles. The van der Waals surface area contributed by atoms with Crippen LogP contribution in [0.25, 0.3) is 0 Å². The number of nitrogens with zero attached hydrogens (tertiary/aromatic N) is 2. The summed E-state index contributed by atoms with van der Waals surface area (Å²) in [4.78, 5) is 16.6. The van der Waals surface area contributed by atoms with Gasteiger partial charge in [-0.05, 0) is 56.2 Å². The number of carbonyl (C=O) groups is 1. The summed E-state index contributed by atoms with van der Waals surface area (Å²) in [5.41, 5.74) is 4.52. The molecule has 3 rings (SSSR count). The molecular weight excluding hydrogens is 342 g/mol. The molecule has 0 radical (unpaired) electrons. The molecule has 0 aliphatic carbocycles. The summed E-state index contributed by atoms with van der Waals surface area (Å²) in [6, 6.07) is 13.3. The fraction of sp³-hybridized carbons (Fsp3) is 0.286. The molecule has 0 atom stereocenters. The largest absolute Gasteiger partial charge is 0.486 e. The summed E-state index contributed by atoms with van der Waals surface area (Å²) in [7, 11) is 0. The van der Waals surface area contributed by atoms with Gasteiger partial charge in [-0.25, -0.2) is 0 Å². The lowest BCUT2D eigenvalue weighted by atomic mass is 10.1. The molecule has 140 valence electrons. The monoisotopic (exact) mass is 365 g/mol. The van der Waals surface area contributed by atoms with Crippen LogP contribution in [0, 0.1) is 20.8 Å². The van der Waals surface area contributed by atoms with E-state index in [1.807, 2.05) is 50.2 Å². The Hall–Kier alpha value is -3.15. The smallest absolute Gasteiger partial charge is 0.273 e. The zero-order valence-corrected chi connectivity index (χ0v) is 15.8. The second-order valence-corrected chi connectivity index (χ2v) is 6.49. The highest BCUT2D eigenvalue weighted by Gasteiger charge is 2.13. The van der Waals surface area contributed by atoms with Crippen LogP contribution in [0.15, 0.2) is 47.0 Å². The number of amides is 1. The third-order valence-electron chi connectivity index (χ3n) is 4.26. The Morgan fingerprint density at radius 3 is 2.74 bits per heavy atom. The van der Waals surface area contributed by atoms with Crippen LogP contribution in [-0.2, 0) is 13.0 Å². The minimum absolute atomic E-state index is 0.218. The van der Waals surface area contributed by atoms with Crippen molar-refractivity contribution in [3.05, 3.63) is 76.4 Å². The first-order valence-electron chi connectivity index (χ1n) is 8.87. The van der Waals surface area contributed by atoms with Crippen molar-refractivity contribution in [1.82, 2.24) is 15.5 Å². The molecule has 0 fully saturated rings. The number of rotatable bonds is 7. The van der Waals surface area contributed by atoms with Gasteiger partial charge < -0.3 is 14.6 Å². The maximum atomic E-state index is 12.2. The summed E-state index contributed by atoms with van der Waals surface area (Å²) in [6.45, 7) is 6.73. The van der Waals surface area contributed by atoms with Crippen molar-refractivity contribution in [3.8, 4) is 5.75 Å². The Kier molecular flexibility index (Phi) is 5.86. The van der Waals surface area contributed by atoms with Gasteiger partial charge in [0.25, 0.3) is 5.91 Å². The van der Waals surface area contributed by atoms with E-state index in [1.165, 1.54) is 5.56 Å². The van der Waals surface area contributed by atoms with Crippen molar-refractivity contribution in [3.63, 3.8) is 0 Å². The molecule has 1 aromatic carbocycles. The van der Waals surface area contributed by atoms with Crippen LogP contribution in [0.4, 0.5) is 0 Å². The average molecular weight is 365 g/mol. The summed E-state index contributed by atoms with van der Waals surface area (Å²) in [6.07, 6.45) is 0.661. The molecule has 6 heteroatoms. The Morgan fingerprint density at radius 1 is 1.11 bits per heavy atom. The van der Waals surface area contributed by atoms with Gasteiger partial charge in [0.1, 0.15) is 12.4 Å². The summed E-state index contributed by atoms with van der Waals surface area (Å²) < 4.78 is 10.9. The van der Waals surface area contributed by atoms with Crippen molar-refractivity contribution in [2.45, 2.75) is 33.8 Å². The van der Waals surface area contributed by atoms with Gasteiger partial charge in [-0.2, -0.15) is 0 Å². The van der Waals surface area contributed by atoms with E-state index in [2.05, 4.69) is 22.4 Å². The lowest BCUT2D eigenvalue weighted by Gasteiger charge is -2.06. The van der Waals surface area contributed by atoms with E-state index in [0.717, 1.165) is 22.7 Å². The number of ether oxygens (including phenoxy) is 1. The topological polar surface area (TPSA) is 77.2 Å². The lowest BCUT2D eigenvalue weighted by molar-refractivity contribution is 0.0944. The summed E-state index contributed by atoms with van der Waals surface area (Å²) in [5.74, 6) is 0.980. The van der Waals surface area contributed by atoms with Gasteiger partial charge in [0.15, 0.2) is 11.5 Å². The van der Waals surface area contributed by atoms with Gasteiger partial charge in [0, 0.05) is 30.4 Å². The molecule has 1 amide bonds. The number of hydrogen-bond donors (Lipinski definition) is 1. The molecule has 0 unspecified atom stereocenters. The predicted molar refractivity (Wildman–Crippen MR) is 102 cm³/mol. The molecule has 0 saturated heterocycles. The number of carbonyl (C=O) groups excluding carboxylic acids is 1. The minimum Gasteiger partial charge on any atom is -0.486 e.